The highest BCUT2D eigenvalue weighted by Gasteiger charge is 2.44. The summed E-state index contributed by atoms with van der Waals surface area (Å²) < 4.78 is 33.9. The Morgan fingerprint density at radius 1 is 0.943 bits per heavy atom. The van der Waals surface area contributed by atoms with Crippen molar-refractivity contribution in [3.63, 3.8) is 0 Å². The maximum atomic E-state index is 13.2. The van der Waals surface area contributed by atoms with Gasteiger partial charge in [-0.3, -0.25) is 9.69 Å². The predicted octanol–water partition coefficient (Wildman–Crippen LogP) is 4.51. The highest BCUT2D eigenvalue weighted by atomic mass is 19.4. The molecule has 0 saturated carbocycles. The molecule has 1 fully saturated rings. The quantitative estimate of drug-likeness (QED) is 0.591. The molecule has 1 saturated heterocycles. The summed E-state index contributed by atoms with van der Waals surface area (Å²) in [6.45, 7) is 5.62. The number of amides is 1. The number of benzene rings is 2. The fourth-order valence-electron chi connectivity index (χ4n) is 4.76. The van der Waals surface area contributed by atoms with Gasteiger partial charge in [-0.25, -0.2) is 4.79 Å². The van der Waals surface area contributed by atoms with E-state index in [1.165, 1.54) is 16.7 Å². The molecular formula is C26H26F3N3O3. The lowest BCUT2D eigenvalue weighted by atomic mass is 10.0. The first kappa shape index (κ1) is 24.5. The molecule has 2 unspecified atom stereocenters. The lowest BCUT2D eigenvalue weighted by Gasteiger charge is -2.38. The number of aromatic nitrogens is 1. The van der Waals surface area contributed by atoms with E-state index in [1.54, 1.807) is 0 Å². The van der Waals surface area contributed by atoms with Crippen LogP contribution in [0, 0.1) is 6.92 Å². The van der Waals surface area contributed by atoms with Crippen molar-refractivity contribution in [1.82, 2.24) is 14.4 Å². The van der Waals surface area contributed by atoms with Crippen LogP contribution in [0.3, 0.4) is 0 Å². The van der Waals surface area contributed by atoms with Gasteiger partial charge in [0.15, 0.2) is 0 Å². The van der Waals surface area contributed by atoms with Gasteiger partial charge >= 0.3 is 12.1 Å². The van der Waals surface area contributed by atoms with E-state index in [4.69, 9.17) is 9.90 Å². The lowest BCUT2D eigenvalue weighted by Crippen LogP contribution is -2.49. The van der Waals surface area contributed by atoms with Gasteiger partial charge in [0.2, 0.25) is 0 Å². The number of aliphatic carboxylic acids is 1. The molecular weight excluding hydrogens is 459 g/mol. The molecule has 1 amide bonds. The summed E-state index contributed by atoms with van der Waals surface area (Å²) in [6.07, 6.45) is -3.01. The first-order valence-electron chi connectivity index (χ1n) is 11.2. The van der Waals surface area contributed by atoms with Crippen LogP contribution in [0.15, 0.2) is 72.9 Å². The molecule has 0 aliphatic carbocycles. The molecule has 9 heteroatoms. The molecule has 0 radical (unpaired) electrons. The number of carbonyl (C=O) groups is 2. The average molecular weight is 486 g/mol. The van der Waals surface area contributed by atoms with Gasteiger partial charge in [-0.05, 0) is 30.2 Å². The molecule has 35 heavy (non-hydrogen) atoms. The first-order valence-corrected chi connectivity index (χ1v) is 11.2. The predicted molar refractivity (Wildman–Crippen MR) is 124 cm³/mol. The minimum Gasteiger partial charge on any atom is -0.475 e. The van der Waals surface area contributed by atoms with E-state index >= 15 is 0 Å². The zero-order valence-electron chi connectivity index (χ0n) is 19.2. The lowest BCUT2D eigenvalue weighted by molar-refractivity contribution is -0.192. The summed E-state index contributed by atoms with van der Waals surface area (Å²) in [5.74, 6) is -2.61. The Kier molecular flexibility index (Phi) is 6.98. The van der Waals surface area contributed by atoms with Crippen molar-refractivity contribution >= 4 is 11.9 Å². The van der Waals surface area contributed by atoms with Crippen LogP contribution >= 0.6 is 0 Å². The third kappa shape index (κ3) is 5.57. The van der Waals surface area contributed by atoms with Crippen molar-refractivity contribution in [2.24, 2.45) is 0 Å². The molecule has 1 N–H and O–H groups in total. The minimum atomic E-state index is -5.08. The van der Waals surface area contributed by atoms with Crippen molar-refractivity contribution in [3.8, 4) is 0 Å². The number of hydrogen-bond donors (Lipinski definition) is 1. The number of carboxylic acids is 1. The summed E-state index contributed by atoms with van der Waals surface area (Å²) in [5, 5.41) is 7.12. The number of fused-ring (bicyclic) bond motifs is 3. The third-order valence-corrected chi connectivity index (χ3v) is 6.28. The SMILES string of the molecule is Cc1cccc(CN2CC3C(C2)n2cccc2C(=O)N3Cc2ccccc2)c1.O=C(O)C(F)(F)F. The fraction of sp³-hybridized carbons (Fsp3) is 0.308. The van der Waals surface area contributed by atoms with Gasteiger partial charge in [-0.15, -0.1) is 0 Å². The van der Waals surface area contributed by atoms with Crippen molar-refractivity contribution in [1.29, 1.82) is 0 Å². The normalized spacial score (nSPS) is 19.5. The number of rotatable bonds is 4. The largest absolute Gasteiger partial charge is 0.490 e. The molecule has 0 spiro atoms. The Bertz CT molecular complexity index is 1190. The van der Waals surface area contributed by atoms with Crippen molar-refractivity contribution in [3.05, 3.63) is 95.3 Å². The van der Waals surface area contributed by atoms with Crippen LogP contribution in [0.4, 0.5) is 13.2 Å². The summed E-state index contributed by atoms with van der Waals surface area (Å²) >= 11 is 0. The number of carboxylic acid groups (broad SMARTS) is 1. The van der Waals surface area contributed by atoms with Gasteiger partial charge in [0, 0.05) is 32.4 Å². The number of likely N-dealkylation sites (tertiary alicyclic amines) is 1. The number of alkyl halides is 3. The highest BCUT2D eigenvalue weighted by Crippen LogP contribution is 2.35. The van der Waals surface area contributed by atoms with Gasteiger partial charge in [-0.2, -0.15) is 13.2 Å². The Labute approximate surface area is 201 Å². The van der Waals surface area contributed by atoms with E-state index in [0.717, 1.165) is 25.3 Å². The minimum absolute atomic E-state index is 0.146. The molecule has 1 aromatic heterocycles. The molecule has 2 aliphatic heterocycles. The number of aryl methyl sites for hydroxylation is 1. The molecule has 6 nitrogen and oxygen atoms in total. The second kappa shape index (κ2) is 9.95. The summed E-state index contributed by atoms with van der Waals surface area (Å²) in [6, 6.07) is 23.5. The van der Waals surface area contributed by atoms with Crippen molar-refractivity contribution in [2.45, 2.75) is 38.3 Å². The van der Waals surface area contributed by atoms with Crippen LogP contribution in [0.25, 0.3) is 0 Å². The van der Waals surface area contributed by atoms with Crippen LogP contribution in [0.2, 0.25) is 0 Å². The highest BCUT2D eigenvalue weighted by molar-refractivity contribution is 5.94. The van der Waals surface area contributed by atoms with E-state index in [2.05, 4.69) is 63.9 Å². The standard InChI is InChI=1S/C24H25N3O.C2HF3O2/c1-18-7-5-10-20(13-18)14-25-16-22-23(17-25)27(15-19-8-3-2-4-9-19)24(28)21-11-6-12-26(21)22;3-2(4,5)1(6)7/h2-13,22-23H,14-17H2,1H3;(H,6,7). The Morgan fingerprint density at radius 3 is 2.26 bits per heavy atom. The van der Waals surface area contributed by atoms with Gasteiger partial charge in [-0.1, -0.05) is 60.2 Å². The third-order valence-electron chi connectivity index (χ3n) is 6.28. The zero-order valence-corrected chi connectivity index (χ0v) is 19.2. The van der Waals surface area contributed by atoms with Crippen LogP contribution in [-0.4, -0.2) is 56.7 Å². The zero-order chi connectivity index (χ0) is 25.2. The van der Waals surface area contributed by atoms with E-state index in [-0.39, 0.29) is 11.9 Å². The Morgan fingerprint density at radius 2 is 1.60 bits per heavy atom. The van der Waals surface area contributed by atoms with Crippen LogP contribution in [-0.2, 0) is 17.9 Å². The maximum absolute atomic E-state index is 13.2. The second-order valence-corrected chi connectivity index (χ2v) is 8.84. The van der Waals surface area contributed by atoms with Gasteiger partial charge in [0.25, 0.3) is 5.91 Å². The number of carbonyl (C=O) groups excluding carboxylic acids is 1. The van der Waals surface area contributed by atoms with Crippen LogP contribution < -0.4 is 0 Å². The van der Waals surface area contributed by atoms with Gasteiger partial charge < -0.3 is 14.6 Å². The molecule has 2 atom stereocenters. The molecule has 3 heterocycles. The monoisotopic (exact) mass is 485 g/mol. The van der Waals surface area contributed by atoms with Gasteiger partial charge in [0.1, 0.15) is 5.69 Å². The maximum Gasteiger partial charge on any atom is 0.490 e. The fourth-order valence-corrected chi connectivity index (χ4v) is 4.76. The van der Waals surface area contributed by atoms with Crippen LogP contribution in [0.1, 0.15) is 33.2 Å². The van der Waals surface area contributed by atoms with E-state index < -0.39 is 12.1 Å². The summed E-state index contributed by atoms with van der Waals surface area (Å²) in [7, 11) is 0. The van der Waals surface area contributed by atoms with Gasteiger partial charge in [0.05, 0.1) is 12.1 Å². The van der Waals surface area contributed by atoms with Crippen molar-refractivity contribution in [2.75, 3.05) is 13.1 Å². The second-order valence-electron chi connectivity index (χ2n) is 8.84. The number of hydrogen-bond acceptors (Lipinski definition) is 3. The smallest absolute Gasteiger partial charge is 0.475 e. The van der Waals surface area contributed by atoms with E-state index in [9.17, 15) is 18.0 Å². The molecule has 0 bridgehead atoms. The topological polar surface area (TPSA) is 65.8 Å². The Balaban J connectivity index is 0.000000364. The molecule has 184 valence electrons. The summed E-state index contributed by atoms with van der Waals surface area (Å²) in [5.41, 5.74) is 4.64. The summed E-state index contributed by atoms with van der Waals surface area (Å²) in [4.78, 5) is 26.7. The first-order chi connectivity index (χ1) is 16.6. The van der Waals surface area contributed by atoms with E-state index in [0.29, 0.717) is 12.6 Å². The van der Waals surface area contributed by atoms with Crippen molar-refractivity contribution < 1.29 is 27.9 Å². The molecule has 2 aromatic carbocycles. The number of halogens is 3. The van der Waals surface area contributed by atoms with Crippen LogP contribution in [0.5, 0.6) is 0 Å². The molecule has 2 aliphatic rings. The average Bonchev–Trinajstić information content (AvgIpc) is 3.44. The molecule has 3 aromatic rings. The number of nitrogens with zero attached hydrogens (tertiary/aromatic N) is 3. The van der Waals surface area contributed by atoms with E-state index in [1.807, 2.05) is 30.3 Å². The molecule has 5 rings (SSSR count). The Hall–Kier alpha value is -3.59.